The molecule has 0 amide bonds. The minimum absolute atomic E-state index is 0.582. The molecule has 2 atom stereocenters. The lowest BCUT2D eigenvalue weighted by Gasteiger charge is -2.38. The second kappa shape index (κ2) is 6.07. The van der Waals surface area contributed by atoms with E-state index in [9.17, 15) is 0 Å². The predicted molar refractivity (Wildman–Crippen MR) is 68.6 cm³/mol. The molecule has 1 aliphatic heterocycles. The van der Waals surface area contributed by atoms with Crippen molar-refractivity contribution in [2.45, 2.75) is 45.3 Å². The highest BCUT2D eigenvalue weighted by molar-refractivity contribution is 4.99. The van der Waals surface area contributed by atoms with Crippen molar-refractivity contribution >= 4 is 0 Å². The summed E-state index contributed by atoms with van der Waals surface area (Å²) in [5.74, 6) is 0. The Hall–Kier alpha value is -1.00. The minimum Gasteiger partial charge on any atom is -0.311 e. The molecule has 94 valence electrons. The van der Waals surface area contributed by atoms with Crippen LogP contribution in [0.2, 0.25) is 0 Å². The van der Waals surface area contributed by atoms with Gasteiger partial charge in [0, 0.05) is 37.9 Å². The van der Waals surface area contributed by atoms with Crippen molar-refractivity contribution < 1.29 is 0 Å². The van der Waals surface area contributed by atoms with Crippen LogP contribution in [0.3, 0.4) is 0 Å². The van der Waals surface area contributed by atoms with Crippen molar-refractivity contribution in [2.24, 2.45) is 0 Å². The monoisotopic (exact) mass is 234 g/mol. The molecule has 1 aromatic heterocycles. The van der Waals surface area contributed by atoms with Gasteiger partial charge in [-0.15, -0.1) is 0 Å². The smallest absolute Gasteiger partial charge is 0.115 e. The van der Waals surface area contributed by atoms with Crippen LogP contribution in [0, 0.1) is 0 Å². The van der Waals surface area contributed by atoms with Gasteiger partial charge in [-0.25, -0.2) is 9.97 Å². The van der Waals surface area contributed by atoms with Crippen molar-refractivity contribution in [3.8, 4) is 0 Å². The maximum Gasteiger partial charge on any atom is 0.115 e. The summed E-state index contributed by atoms with van der Waals surface area (Å²) in [4.78, 5) is 10.8. The molecular formula is C13H22N4. The zero-order valence-electron chi connectivity index (χ0n) is 10.8. The van der Waals surface area contributed by atoms with Crippen LogP contribution in [0.4, 0.5) is 0 Å². The van der Waals surface area contributed by atoms with Gasteiger partial charge in [-0.2, -0.15) is 0 Å². The van der Waals surface area contributed by atoms with Crippen LogP contribution in [-0.2, 0) is 6.54 Å². The Morgan fingerprint density at radius 3 is 3.12 bits per heavy atom. The maximum atomic E-state index is 4.31. The minimum atomic E-state index is 0.582. The molecule has 1 N–H and O–H groups in total. The van der Waals surface area contributed by atoms with Crippen LogP contribution in [0.5, 0.6) is 0 Å². The lowest BCUT2D eigenvalue weighted by Crippen LogP contribution is -2.54. The van der Waals surface area contributed by atoms with Gasteiger partial charge in [0.1, 0.15) is 6.33 Å². The summed E-state index contributed by atoms with van der Waals surface area (Å²) in [6.07, 6.45) is 5.95. The Balaban J connectivity index is 1.94. The number of nitrogens with one attached hydrogen (secondary N) is 1. The number of aromatic nitrogens is 2. The second-order valence-electron chi connectivity index (χ2n) is 4.87. The van der Waals surface area contributed by atoms with Crippen molar-refractivity contribution in [2.75, 3.05) is 13.1 Å². The summed E-state index contributed by atoms with van der Waals surface area (Å²) in [7, 11) is 0. The van der Waals surface area contributed by atoms with Gasteiger partial charge in [0.2, 0.25) is 0 Å². The van der Waals surface area contributed by atoms with Crippen molar-refractivity contribution in [3.63, 3.8) is 0 Å². The first kappa shape index (κ1) is 12.5. The quantitative estimate of drug-likeness (QED) is 0.856. The van der Waals surface area contributed by atoms with E-state index in [1.807, 2.05) is 12.3 Å². The van der Waals surface area contributed by atoms with E-state index >= 15 is 0 Å². The maximum absolute atomic E-state index is 4.31. The third-order valence-electron chi connectivity index (χ3n) is 3.43. The summed E-state index contributed by atoms with van der Waals surface area (Å²) in [6, 6.07) is 3.22. The molecule has 1 aromatic rings. The summed E-state index contributed by atoms with van der Waals surface area (Å²) in [6.45, 7) is 7.66. The van der Waals surface area contributed by atoms with Crippen LogP contribution in [0.15, 0.2) is 18.6 Å². The zero-order chi connectivity index (χ0) is 12.1. The molecule has 0 aromatic carbocycles. The first-order valence-electron chi connectivity index (χ1n) is 6.52. The number of hydrogen-bond donors (Lipinski definition) is 1. The van der Waals surface area contributed by atoms with Gasteiger partial charge >= 0.3 is 0 Å². The van der Waals surface area contributed by atoms with Crippen LogP contribution in [0.1, 0.15) is 32.4 Å². The molecule has 0 bridgehead atoms. The molecule has 0 aliphatic carbocycles. The largest absolute Gasteiger partial charge is 0.311 e. The van der Waals surface area contributed by atoms with E-state index in [-0.39, 0.29) is 0 Å². The van der Waals surface area contributed by atoms with E-state index in [0.29, 0.717) is 12.1 Å². The van der Waals surface area contributed by atoms with Crippen LogP contribution < -0.4 is 5.32 Å². The fourth-order valence-corrected chi connectivity index (χ4v) is 2.38. The number of hydrogen-bond acceptors (Lipinski definition) is 4. The van der Waals surface area contributed by atoms with Gasteiger partial charge in [0.05, 0.1) is 5.69 Å². The summed E-state index contributed by atoms with van der Waals surface area (Å²) in [5, 5.41) is 3.61. The Labute approximate surface area is 103 Å². The normalized spacial score (nSPS) is 26.0. The lowest BCUT2D eigenvalue weighted by atomic mass is 10.1. The Kier molecular flexibility index (Phi) is 4.45. The van der Waals surface area contributed by atoms with Crippen molar-refractivity contribution in [3.05, 3.63) is 24.3 Å². The first-order valence-corrected chi connectivity index (χ1v) is 6.52. The molecule has 0 radical (unpaired) electrons. The molecular weight excluding hydrogens is 212 g/mol. The van der Waals surface area contributed by atoms with Gasteiger partial charge < -0.3 is 5.32 Å². The molecule has 0 saturated carbocycles. The fourth-order valence-electron chi connectivity index (χ4n) is 2.38. The second-order valence-corrected chi connectivity index (χ2v) is 4.87. The Morgan fingerprint density at radius 1 is 1.53 bits per heavy atom. The molecule has 1 aliphatic rings. The first-order chi connectivity index (χ1) is 8.29. The SMILES string of the molecule is CCCC1CN(Cc2ccncn2)C(C)CN1. The predicted octanol–water partition coefficient (Wildman–Crippen LogP) is 1.44. The third kappa shape index (κ3) is 3.48. The highest BCUT2D eigenvalue weighted by Crippen LogP contribution is 2.13. The van der Waals surface area contributed by atoms with E-state index in [2.05, 4.69) is 34.0 Å². The number of nitrogens with zero attached hydrogens (tertiary/aromatic N) is 3. The van der Waals surface area contributed by atoms with Crippen LogP contribution in [0.25, 0.3) is 0 Å². The zero-order valence-corrected chi connectivity index (χ0v) is 10.8. The molecule has 4 heteroatoms. The number of rotatable bonds is 4. The highest BCUT2D eigenvalue weighted by Gasteiger charge is 2.24. The summed E-state index contributed by atoms with van der Waals surface area (Å²) < 4.78 is 0. The van der Waals surface area contributed by atoms with Gasteiger partial charge in [-0.3, -0.25) is 4.90 Å². The lowest BCUT2D eigenvalue weighted by molar-refractivity contribution is 0.128. The van der Waals surface area contributed by atoms with Gasteiger partial charge in [0.25, 0.3) is 0 Å². The number of piperazine rings is 1. The van der Waals surface area contributed by atoms with E-state index in [1.165, 1.54) is 12.8 Å². The summed E-state index contributed by atoms with van der Waals surface area (Å²) in [5.41, 5.74) is 1.11. The van der Waals surface area contributed by atoms with E-state index in [4.69, 9.17) is 0 Å². The Bertz CT molecular complexity index is 327. The molecule has 1 fully saturated rings. The van der Waals surface area contributed by atoms with E-state index < -0.39 is 0 Å². The fraction of sp³-hybridized carbons (Fsp3) is 0.692. The molecule has 0 spiro atoms. The molecule has 2 heterocycles. The standard InChI is InChI=1S/C13H22N4/c1-3-4-12-8-17(11(2)7-15-12)9-13-5-6-14-10-16-13/h5-6,10-12,15H,3-4,7-9H2,1-2H3. The molecule has 4 nitrogen and oxygen atoms in total. The van der Waals surface area contributed by atoms with Crippen LogP contribution >= 0.6 is 0 Å². The Morgan fingerprint density at radius 2 is 2.41 bits per heavy atom. The van der Waals surface area contributed by atoms with Crippen LogP contribution in [-0.4, -0.2) is 40.0 Å². The van der Waals surface area contributed by atoms with Gasteiger partial charge in [-0.1, -0.05) is 13.3 Å². The third-order valence-corrected chi connectivity index (χ3v) is 3.43. The van der Waals surface area contributed by atoms with Crippen molar-refractivity contribution in [1.29, 1.82) is 0 Å². The van der Waals surface area contributed by atoms with E-state index in [0.717, 1.165) is 25.3 Å². The van der Waals surface area contributed by atoms with E-state index in [1.54, 1.807) is 6.33 Å². The molecule has 2 unspecified atom stereocenters. The van der Waals surface area contributed by atoms with Gasteiger partial charge in [0.15, 0.2) is 0 Å². The topological polar surface area (TPSA) is 41.1 Å². The van der Waals surface area contributed by atoms with Gasteiger partial charge in [-0.05, 0) is 19.4 Å². The highest BCUT2D eigenvalue weighted by atomic mass is 15.2. The summed E-state index contributed by atoms with van der Waals surface area (Å²) >= 11 is 0. The average Bonchev–Trinajstić information content (AvgIpc) is 2.35. The molecule has 1 saturated heterocycles. The average molecular weight is 234 g/mol. The molecule has 2 rings (SSSR count). The van der Waals surface area contributed by atoms with Crippen molar-refractivity contribution in [1.82, 2.24) is 20.2 Å². The molecule has 17 heavy (non-hydrogen) atoms.